The van der Waals surface area contributed by atoms with E-state index in [9.17, 15) is 19.2 Å². The second kappa shape index (κ2) is 13.7. The number of alkyl carbamates (subject to hydrolysis) is 1. The largest absolute Gasteiger partial charge is 0.466 e. The van der Waals surface area contributed by atoms with Gasteiger partial charge in [0.15, 0.2) is 0 Å². The average molecular weight is 570 g/mol. The lowest BCUT2D eigenvalue weighted by molar-refractivity contribution is -0.144. The summed E-state index contributed by atoms with van der Waals surface area (Å²) in [6.45, 7) is 7.17. The van der Waals surface area contributed by atoms with Gasteiger partial charge in [0.25, 0.3) is 5.91 Å². The van der Waals surface area contributed by atoms with Gasteiger partial charge in [0.1, 0.15) is 12.1 Å². The van der Waals surface area contributed by atoms with Crippen molar-refractivity contribution >= 4 is 42.2 Å². The topological polar surface area (TPSA) is 105 Å². The summed E-state index contributed by atoms with van der Waals surface area (Å²) in [6.07, 6.45) is 1.34. The molecule has 2 aromatic carbocycles. The van der Waals surface area contributed by atoms with E-state index in [0.717, 1.165) is 11.1 Å². The first-order valence-electron chi connectivity index (χ1n) is 13.5. The van der Waals surface area contributed by atoms with Gasteiger partial charge in [0.05, 0.1) is 35.7 Å². The Bertz CT molecular complexity index is 1210. The quantitative estimate of drug-likeness (QED) is 0.240. The number of esters is 1. The standard InChI is InChI=1S/C30H39N3O6S/c1-6-38-27(35)18-24(21-12-8-7-9-13-21)33-19-26(34)32(5)23-16-15-20(17-22(23)28(33)36)11-10-14-25(40)31-29(37)39-30(2,3)4/h7-9,12-13,15-17,24-25,40H,6,10-11,14,18-19H2,1-5H3,(H,31,37). The van der Waals surface area contributed by atoms with Crippen LogP contribution in [0.15, 0.2) is 48.5 Å². The monoisotopic (exact) mass is 569 g/mol. The van der Waals surface area contributed by atoms with Crippen LogP contribution in [0, 0.1) is 0 Å². The van der Waals surface area contributed by atoms with Gasteiger partial charge in [-0.2, -0.15) is 12.6 Å². The van der Waals surface area contributed by atoms with Crippen LogP contribution < -0.4 is 10.2 Å². The van der Waals surface area contributed by atoms with E-state index < -0.39 is 23.7 Å². The van der Waals surface area contributed by atoms with E-state index in [-0.39, 0.29) is 36.8 Å². The molecule has 3 rings (SSSR count). The number of hydrogen-bond acceptors (Lipinski definition) is 7. The van der Waals surface area contributed by atoms with Crippen molar-refractivity contribution in [3.05, 3.63) is 65.2 Å². The number of hydrogen-bond donors (Lipinski definition) is 2. The first-order valence-corrected chi connectivity index (χ1v) is 14.0. The molecule has 2 aromatic rings. The Balaban J connectivity index is 1.80. The van der Waals surface area contributed by atoms with Gasteiger partial charge in [-0.1, -0.05) is 36.4 Å². The van der Waals surface area contributed by atoms with Crippen LogP contribution in [-0.2, 0) is 25.5 Å². The highest BCUT2D eigenvalue weighted by atomic mass is 32.1. The van der Waals surface area contributed by atoms with Crippen molar-refractivity contribution < 1.29 is 28.7 Å². The van der Waals surface area contributed by atoms with Crippen molar-refractivity contribution in [2.24, 2.45) is 0 Å². The van der Waals surface area contributed by atoms with Crippen molar-refractivity contribution in [1.82, 2.24) is 10.2 Å². The number of thiol groups is 1. The highest BCUT2D eigenvalue weighted by Crippen LogP contribution is 2.33. The third-order valence-electron chi connectivity index (χ3n) is 6.45. The Labute approximate surface area is 241 Å². The Morgan fingerprint density at radius 2 is 1.80 bits per heavy atom. The zero-order valence-electron chi connectivity index (χ0n) is 23.8. The van der Waals surface area contributed by atoms with Crippen molar-refractivity contribution in [1.29, 1.82) is 0 Å². The van der Waals surface area contributed by atoms with E-state index in [4.69, 9.17) is 9.47 Å². The molecular formula is C30H39N3O6S. The summed E-state index contributed by atoms with van der Waals surface area (Å²) in [5.41, 5.74) is 1.97. The second-order valence-electron chi connectivity index (χ2n) is 10.7. The highest BCUT2D eigenvalue weighted by molar-refractivity contribution is 7.80. The molecule has 1 N–H and O–H groups in total. The highest BCUT2D eigenvalue weighted by Gasteiger charge is 2.36. The lowest BCUT2D eigenvalue weighted by Gasteiger charge is -2.30. The molecule has 0 fully saturated rings. The van der Waals surface area contributed by atoms with Crippen LogP contribution in [0.2, 0.25) is 0 Å². The number of aryl methyl sites for hydroxylation is 1. The lowest BCUT2D eigenvalue weighted by atomic mass is 9.99. The summed E-state index contributed by atoms with van der Waals surface area (Å²) in [4.78, 5) is 54.6. The Morgan fingerprint density at radius 3 is 2.45 bits per heavy atom. The molecule has 0 saturated heterocycles. The number of carbonyl (C=O) groups excluding carboxylic acids is 4. The fourth-order valence-corrected chi connectivity index (χ4v) is 4.83. The number of rotatable bonds is 10. The van der Waals surface area contributed by atoms with Crippen molar-refractivity contribution in [2.45, 2.75) is 70.4 Å². The van der Waals surface area contributed by atoms with Gasteiger partial charge in [-0.15, -0.1) is 0 Å². The minimum Gasteiger partial charge on any atom is -0.466 e. The van der Waals surface area contributed by atoms with Gasteiger partial charge in [-0.05, 0) is 70.2 Å². The molecule has 0 aromatic heterocycles. The van der Waals surface area contributed by atoms with Gasteiger partial charge in [0, 0.05) is 7.05 Å². The van der Waals surface area contributed by atoms with Crippen LogP contribution in [0.4, 0.5) is 10.5 Å². The van der Waals surface area contributed by atoms with Gasteiger partial charge in [0.2, 0.25) is 5.91 Å². The van der Waals surface area contributed by atoms with Crippen molar-refractivity contribution in [2.75, 3.05) is 25.1 Å². The van der Waals surface area contributed by atoms with E-state index in [1.807, 2.05) is 36.4 Å². The van der Waals surface area contributed by atoms with Crippen molar-refractivity contribution in [3.63, 3.8) is 0 Å². The van der Waals surface area contributed by atoms with E-state index >= 15 is 0 Å². The van der Waals surface area contributed by atoms with Crippen LogP contribution in [0.1, 0.15) is 74.5 Å². The van der Waals surface area contributed by atoms with E-state index in [1.165, 1.54) is 9.80 Å². The fourth-order valence-electron chi connectivity index (χ4n) is 4.54. The first-order chi connectivity index (χ1) is 18.9. The molecule has 9 nitrogen and oxygen atoms in total. The number of ether oxygens (including phenoxy) is 2. The number of benzene rings is 2. The van der Waals surface area contributed by atoms with Crippen LogP contribution in [-0.4, -0.2) is 60.0 Å². The Kier molecular flexibility index (Phi) is 10.6. The maximum absolute atomic E-state index is 14.0. The van der Waals surface area contributed by atoms with E-state index in [2.05, 4.69) is 17.9 Å². The second-order valence-corrected chi connectivity index (χ2v) is 11.4. The van der Waals surface area contributed by atoms with Crippen LogP contribution in [0.25, 0.3) is 0 Å². The van der Waals surface area contributed by atoms with Crippen LogP contribution in [0.3, 0.4) is 0 Å². The molecule has 3 amide bonds. The molecule has 0 bridgehead atoms. The van der Waals surface area contributed by atoms with E-state index in [0.29, 0.717) is 30.5 Å². The number of nitrogens with zero attached hydrogens (tertiary/aromatic N) is 2. The molecule has 216 valence electrons. The summed E-state index contributed by atoms with van der Waals surface area (Å²) in [6, 6.07) is 14.0. The summed E-state index contributed by atoms with van der Waals surface area (Å²) < 4.78 is 10.5. The average Bonchev–Trinajstić information content (AvgIpc) is 2.97. The number of fused-ring (bicyclic) bond motifs is 1. The van der Waals surface area contributed by atoms with Crippen LogP contribution in [0.5, 0.6) is 0 Å². The zero-order valence-corrected chi connectivity index (χ0v) is 24.7. The predicted molar refractivity (Wildman–Crippen MR) is 156 cm³/mol. The Hall–Kier alpha value is -3.53. The molecule has 0 radical (unpaired) electrons. The molecule has 1 aliphatic heterocycles. The molecular weight excluding hydrogens is 530 g/mol. The molecule has 0 saturated carbocycles. The van der Waals surface area contributed by atoms with Gasteiger partial charge in [-0.3, -0.25) is 14.4 Å². The summed E-state index contributed by atoms with van der Waals surface area (Å²) in [5.74, 6) is -1.02. The normalized spacial score (nSPS) is 15.2. The third-order valence-corrected chi connectivity index (χ3v) is 6.83. The molecule has 10 heteroatoms. The zero-order chi connectivity index (χ0) is 29.4. The van der Waals surface area contributed by atoms with Gasteiger partial charge in [-0.25, -0.2) is 4.79 Å². The van der Waals surface area contributed by atoms with E-state index in [1.54, 1.807) is 46.9 Å². The maximum atomic E-state index is 14.0. The predicted octanol–water partition coefficient (Wildman–Crippen LogP) is 4.90. The molecule has 1 heterocycles. The fraction of sp³-hybridized carbons (Fsp3) is 0.467. The maximum Gasteiger partial charge on any atom is 0.408 e. The smallest absolute Gasteiger partial charge is 0.408 e. The molecule has 0 spiro atoms. The molecule has 1 aliphatic rings. The minimum atomic E-state index is -0.663. The number of nitrogens with one attached hydrogen (secondary N) is 1. The SMILES string of the molecule is CCOC(=O)CC(c1ccccc1)N1CC(=O)N(C)c2ccc(CCCC(S)NC(=O)OC(C)(C)C)cc2C1=O. The number of anilines is 1. The summed E-state index contributed by atoms with van der Waals surface area (Å²) in [5, 5.41) is 2.33. The molecule has 2 atom stereocenters. The van der Waals surface area contributed by atoms with Crippen LogP contribution >= 0.6 is 12.6 Å². The molecule has 40 heavy (non-hydrogen) atoms. The van der Waals surface area contributed by atoms with Gasteiger partial charge >= 0.3 is 12.1 Å². The Morgan fingerprint density at radius 1 is 1.10 bits per heavy atom. The molecule has 0 aliphatic carbocycles. The summed E-state index contributed by atoms with van der Waals surface area (Å²) in [7, 11) is 1.65. The minimum absolute atomic E-state index is 0.0659. The third kappa shape index (κ3) is 8.48. The number of amides is 3. The molecule has 2 unspecified atom stereocenters. The number of likely N-dealkylation sites (N-methyl/N-ethyl adjacent to an activating group) is 1. The van der Waals surface area contributed by atoms with Crippen molar-refractivity contribution in [3.8, 4) is 0 Å². The summed E-state index contributed by atoms with van der Waals surface area (Å²) >= 11 is 4.45. The first kappa shape index (κ1) is 31.0. The number of carbonyl (C=O) groups is 4. The van der Waals surface area contributed by atoms with Gasteiger partial charge < -0.3 is 24.6 Å². The lowest BCUT2D eigenvalue weighted by Crippen LogP contribution is -2.41.